The van der Waals surface area contributed by atoms with Gasteiger partial charge in [0, 0.05) is 28.7 Å². The van der Waals surface area contributed by atoms with Crippen LogP contribution in [0.5, 0.6) is 23.0 Å². The summed E-state index contributed by atoms with van der Waals surface area (Å²) >= 11 is 0. The molecule has 0 fully saturated rings. The molecule has 0 radical (unpaired) electrons. The molecule has 5 nitrogen and oxygen atoms in total. The zero-order valence-corrected chi connectivity index (χ0v) is 19.1. The largest absolute Gasteiger partial charge is 0.493 e. The van der Waals surface area contributed by atoms with Gasteiger partial charge < -0.3 is 18.9 Å². The van der Waals surface area contributed by atoms with Gasteiger partial charge in [0.15, 0.2) is 29.3 Å². The summed E-state index contributed by atoms with van der Waals surface area (Å²) in [6.45, 7) is 4.44. The van der Waals surface area contributed by atoms with Crippen molar-refractivity contribution in [1.82, 2.24) is 0 Å². The lowest BCUT2D eigenvalue weighted by Crippen LogP contribution is -2.12. The fraction of sp³-hybridized carbons (Fsp3) is 0.370. The highest BCUT2D eigenvalue weighted by Crippen LogP contribution is 2.32. The number of benzene rings is 2. The molecule has 2 aromatic carbocycles. The van der Waals surface area contributed by atoms with Crippen molar-refractivity contribution in [1.29, 1.82) is 0 Å². The van der Waals surface area contributed by atoms with E-state index in [1.54, 1.807) is 26.4 Å². The smallest absolute Gasteiger partial charge is 0.162 e. The van der Waals surface area contributed by atoms with Crippen LogP contribution in [0.15, 0.2) is 42.5 Å². The second kappa shape index (κ2) is 11.3. The molecule has 168 valence electrons. The van der Waals surface area contributed by atoms with Crippen LogP contribution in [-0.4, -0.2) is 33.2 Å². The van der Waals surface area contributed by atoms with E-state index >= 15 is 0 Å². The molecular weight excluding hydrogens is 404 g/mol. The van der Waals surface area contributed by atoms with Crippen LogP contribution in [0.3, 0.4) is 0 Å². The number of hydrogen-bond acceptors (Lipinski definition) is 5. The summed E-state index contributed by atoms with van der Waals surface area (Å²) < 4.78 is 22.7. The molecule has 1 unspecified atom stereocenters. The Morgan fingerprint density at radius 1 is 1.03 bits per heavy atom. The lowest BCUT2D eigenvalue weighted by atomic mass is 9.97. The average molecular weight is 435 g/mol. The molecule has 0 amide bonds. The molecule has 0 bridgehead atoms. The van der Waals surface area contributed by atoms with E-state index in [-0.39, 0.29) is 6.10 Å². The highest BCUT2D eigenvalue weighted by atomic mass is 16.5. The SMILES string of the molecule is COc1ccc(C#Cc2cc(OC)c(OC(C)C)cc2C=O)cc1OCC1C=CCCC1. The molecule has 1 atom stereocenters. The van der Waals surface area contributed by atoms with Crippen molar-refractivity contribution < 1.29 is 23.7 Å². The van der Waals surface area contributed by atoms with E-state index in [0.717, 1.165) is 24.7 Å². The van der Waals surface area contributed by atoms with Crippen LogP contribution in [0.4, 0.5) is 0 Å². The lowest BCUT2D eigenvalue weighted by Gasteiger charge is -2.18. The molecule has 0 N–H and O–H groups in total. The van der Waals surface area contributed by atoms with Gasteiger partial charge in [-0.2, -0.15) is 0 Å². The molecule has 0 saturated heterocycles. The summed E-state index contributed by atoms with van der Waals surface area (Å²) in [7, 11) is 3.19. The molecule has 32 heavy (non-hydrogen) atoms. The molecule has 0 spiro atoms. The van der Waals surface area contributed by atoms with Crippen molar-refractivity contribution in [3.8, 4) is 34.8 Å². The summed E-state index contributed by atoms with van der Waals surface area (Å²) in [6.07, 6.45) is 8.64. The number of carbonyl (C=O) groups excluding carboxylic acids is 1. The van der Waals surface area contributed by atoms with E-state index in [9.17, 15) is 4.79 Å². The maximum Gasteiger partial charge on any atom is 0.162 e. The number of hydrogen-bond donors (Lipinski definition) is 0. The Labute approximate surface area is 190 Å². The Morgan fingerprint density at radius 3 is 2.50 bits per heavy atom. The van der Waals surface area contributed by atoms with Gasteiger partial charge in [-0.3, -0.25) is 4.79 Å². The number of carbonyl (C=O) groups is 1. The first kappa shape index (κ1) is 23.3. The second-order valence-corrected chi connectivity index (χ2v) is 7.92. The summed E-state index contributed by atoms with van der Waals surface area (Å²) in [5, 5.41) is 0. The Balaban J connectivity index is 1.86. The first-order chi connectivity index (χ1) is 15.5. The summed E-state index contributed by atoms with van der Waals surface area (Å²) in [5.41, 5.74) is 1.78. The molecular formula is C27H30O5. The van der Waals surface area contributed by atoms with Crippen LogP contribution < -0.4 is 18.9 Å². The summed E-state index contributed by atoms with van der Waals surface area (Å²) in [4.78, 5) is 11.6. The third-order valence-electron chi connectivity index (χ3n) is 5.14. The molecule has 5 heteroatoms. The standard InChI is InChI=1S/C27H30O5/c1-19(2)32-27-16-23(17-28)22(15-25(27)30-4)12-10-20-11-13-24(29-3)26(14-20)31-18-21-8-6-5-7-9-21/h6,8,11,13-17,19,21H,5,7,9,18H2,1-4H3. The quantitative estimate of drug-likeness (QED) is 0.315. The van der Waals surface area contributed by atoms with Gasteiger partial charge in [0.05, 0.1) is 26.9 Å². The van der Waals surface area contributed by atoms with Crippen LogP contribution in [0.2, 0.25) is 0 Å². The zero-order chi connectivity index (χ0) is 22.9. The first-order valence-electron chi connectivity index (χ1n) is 10.9. The van der Waals surface area contributed by atoms with E-state index in [1.165, 1.54) is 6.42 Å². The van der Waals surface area contributed by atoms with Crippen LogP contribution in [-0.2, 0) is 0 Å². The van der Waals surface area contributed by atoms with E-state index in [0.29, 0.717) is 46.6 Å². The number of methoxy groups -OCH3 is 2. The van der Waals surface area contributed by atoms with Crippen LogP contribution in [0.25, 0.3) is 0 Å². The fourth-order valence-corrected chi connectivity index (χ4v) is 3.51. The van der Waals surface area contributed by atoms with Crippen molar-refractivity contribution in [3.05, 3.63) is 59.2 Å². The minimum Gasteiger partial charge on any atom is -0.493 e. The van der Waals surface area contributed by atoms with Crippen molar-refractivity contribution in [2.45, 2.75) is 39.2 Å². The first-order valence-corrected chi connectivity index (χ1v) is 10.9. The summed E-state index contributed by atoms with van der Waals surface area (Å²) in [6, 6.07) is 8.97. The number of ether oxygens (including phenoxy) is 4. The average Bonchev–Trinajstić information content (AvgIpc) is 2.81. The Bertz CT molecular complexity index is 1030. The molecule has 1 aliphatic carbocycles. The van der Waals surface area contributed by atoms with Crippen LogP contribution in [0, 0.1) is 17.8 Å². The molecule has 1 aliphatic rings. The Hall–Kier alpha value is -3.39. The van der Waals surface area contributed by atoms with Gasteiger partial charge in [0.1, 0.15) is 0 Å². The van der Waals surface area contributed by atoms with Gasteiger partial charge in [0.2, 0.25) is 0 Å². The molecule has 0 saturated carbocycles. The van der Waals surface area contributed by atoms with Gasteiger partial charge >= 0.3 is 0 Å². The summed E-state index contributed by atoms with van der Waals surface area (Å²) in [5.74, 6) is 9.00. The van der Waals surface area contributed by atoms with Crippen molar-refractivity contribution >= 4 is 6.29 Å². The maximum atomic E-state index is 11.6. The van der Waals surface area contributed by atoms with Crippen LogP contribution >= 0.6 is 0 Å². The normalized spacial score (nSPS) is 15.0. The van der Waals surface area contributed by atoms with Crippen molar-refractivity contribution in [3.63, 3.8) is 0 Å². The van der Waals surface area contributed by atoms with Crippen molar-refractivity contribution in [2.24, 2.45) is 5.92 Å². The van der Waals surface area contributed by atoms with E-state index < -0.39 is 0 Å². The van der Waals surface area contributed by atoms with Crippen molar-refractivity contribution in [2.75, 3.05) is 20.8 Å². The molecule has 3 rings (SSSR count). The number of allylic oxidation sites excluding steroid dienone is 1. The van der Waals surface area contributed by atoms with Gasteiger partial charge in [-0.25, -0.2) is 0 Å². The van der Waals surface area contributed by atoms with E-state index in [1.807, 2.05) is 32.0 Å². The highest BCUT2D eigenvalue weighted by molar-refractivity contribution is 5.81. The minimum atomic E-state index is -0.0397. The minimum absolute atomic E-state index is 0.0397. The molecule has 0 heterocycles. The van der Waals surface area contributed by atoms with Gasteiger partial charge in [-0.1, -0.05) is 24.0 Å². The number of aldehydes is 1. The highest BCUT2D eigenvalue weighted by Gasteiger charge is 2.13. The van der Waals surface area contributed by atoms with E-state index in [4.69, 9.17) is 18.9 Å². The van der Waals surface area contributed by atoms with Gasteiger partial charge in [0.25, 0.3) is 0 Å². The van der Waals surface area contributed by atoms with Crippen LogP contribution in [0.1, 0.15) is 54.6 Å². The predicted molar refractivity (Wildman–Crippen MR) is 125 cm³/mol. The van der Waals surface area contributed by atoms with Gasteiger partial charge in [-0.05, 0) is 57.4 Å². The lowest BCUT2D eigenvalue weighted by molar-refractivity contribution is 0.112. The third-order valence-corrected chi connectivity index (χ3v) is 5.14. The Kier molecular flexibility index (Phi) is 8.21. The monoisotopic (exact) mass is 434 g/mol. The Morgan fingerprint density at radius 2 is 1.84 bits per heavy atom. The topological polar surface area (TPSA) is 54.0 Å². The van der Waals surface area contributed by atoms with E-state index in [2.05, 4.69) is 24.0 Å². The molecule has 0 aromatic heterocycles. The third kappa shape index (κ3) is 6.07. The number of rotatable bonds is 8. The maximum absolute atomic E-state index is 11.6. The predicted octanol–water partition coefficient (Wildman–Crippen LogP) is 5.44. The fourth-order valence-electron chi connectivity index (χ4n) is 3.51. The second-order valence-electron chi connectivity index (χ2n) is 7.92. The van der Waals surface area contributed by atoms with Gasteiger partial charge in [-0.15, -0.1) is 0 Å². The zero-order valence-electron chi connectivity index (χ0n) is 19.1. The molecule has 2 aromatic rings. The molecule has 0 aliphatic heterocycles.